The molecular formula is C13H18ClN3OS. The van der Waals surface area contributed by atoms with Gasteiger partial charge in [-0.2, -0.15) is 4.98 Å². The van der Waals surface area contributed by atoms with Crippen molar-refractivity contribution in [1.82, 2.24) is 9.97 Å². The maximum atomic E-state index is 8.98. The Morgan fingerprint density at radius 2 is 2.16 bits per heavy atom. The quantitative estimate of drug-likeness (QED) is 0.833. The van der Waals surface area contributed by atoms with E-state index in [2.05, 4.69) is 34.8 Å². The molecule has 0 radical (unpaired) electrons. The highest BCUT2D eigenvalue weighted by atomic mass is 35.5. The van der Waals surface area contributed by atoms with E-state index < -0.39 is 0 Å². The monoisotopic (exact) mass is 299 g/mol. The van der Waals surface area contributed by atoms with Crippen molar-refractivity contribution in [3.05, 3.63) is 16.2 Å². The van der Waals surface area contributed by atoms with Crippen LogP contribution in [0.25, 0.3) is 10.2 Å². The van der Waals surface area contributed by atoms with Gasteiger partial charge in [-0.15, -0.1) is 11.3 Å². The van der Waals surface area contributed by atoms with Crippen molar-refractivity contribution in [2.24, 2.45) is 0 Å². The molecule has 0 saturated carbocycles. The average Bonchev–Trinajstić information content (AvgIpc) is 2.82. The number of nitrogens with zero attached hydrogens (tertiary/aromatic N) is 3. The van der Waals surface area contributed by atoms with Crippen LogP contribution >= 0.6 is 22.9 Å². The number of aliphatic hydroxyl groups is 1. The van der Waals surface area contributed by atoms with E-state index in [-0.39, 0.29) is 11.9 Å². The van der Waals surface area contributed by atoms with Gasteiger partial charge in [0.15, 0.2) is 0 Å². The van der Waals surface area contributed by atoms with Crippen LogP contribution in [0.2, 0.25) is 5.28 Å². The fourth-order valence-corrected chi connectivity index (χ4v) is 3.20. The second-order valence-electron chi connectivity index (χ2n) is 4.26. The Balaban J connectivity index is 2.47. The number of hydrogen-bond acceptors (Lipinski definition) is 5. The summed E-state index contributed by atoms with van der Waals surface area (Å²) in [6.07, 6.45) is 1.71. The summed E-state index contributed by atoms with van der Waals surface area (Å²) in [7, 11) is 0. The Bertz CT molecular complexity index is 558. The van der Waals surface area contributed by atoms with Crippen LogP contribution < -0.4 is 4.90 Å². The Morgan fingerprint density at radius 1 is 1.37 bits per heavy atom. The van der Waals surface area contributed by atoms with E-state index in [1.54, 1.807) is 11.3 Å². The minimum atomic E-state index is 0.183. The molecule has 0 aliphatic rings. The number of fused-ring (bicyclic) bond motifs is 1. The summed E-state index contributed by atoms with van der Waals surface area (Å²) in [6, 6.07) is 2.15. The zero-order valence-electron chi connectivity index (χ0n) is 11.2. The topological polar surface area (TPSA) is 49.2 Å². The van der Waals surface area contributed by atoms with Crippen LogP contribution in [-0.2, 0) is 6.42 Å². The molecule has 0 aliphatic heterocycles. The predicted molar refractivity (Wildman–Crippen MR) is 81.4 cm³/mol. The van der Waals surface area contributed by atoms with E-state index >= 15 is 0 Å². The van der Waals surface area contributed by atoms with Gasteiger partial charge in [-0.3, -0.25) is 0 Å². The van der Waals surface area contributed by atoms with Crippen molar-refractivity contribution in [1.29, 1.82) is 0 Å². The number of rotatable bonds is 6. The molecule has 2 aromatic rings. The van der Waals surface area contributed by atoms with Crippen molar-refractivity contribution in [3.8, 4) is 0 Å². The van der Waals surface area contributed by atoms with E-state index in [1.165, 1.54) is 4.88 Å². The van der Waals surface area contributed by atoms with Crippen LogP contribution in [0.3, 0.4) is 0 Å². The molecule has 0 atom stereocenters. The first-order valence-electron chi connectivity index (χ1n) is 6.51. The first kappa shape index (κ1) is 14.5. The molecule has 104 valence electrons. The first-order chi connectivity index (χ1) is 9.19. The molecule has 4 nitrogen and oxygen atoms in total. The molecule has 0 aliphatic carbocycles. The van der Waals surface area contributed by atoms with Crippen LogP contribution in [0.1, 0.15) is 25.1 Å². The predicted octanol–water partition coefficient (Wildman–Crippen LogP) is 3.12. The lowest BCUT2D eigenvalue weighted by Gasteiger charge is -2.22. The zero-order chi connectivity index (χ0) is 13.8. The number of aliphatic hydroxyl groups excluding tert-OH is 1. The molecule has 0 unspecified atom stereocenters. The van der Waals surface area contributed by atoms with Gasteiger partial charge in [0.1, 0.15) is 10.6 Å². The van der Waals surface area contributed by atoms with Gasteiger partial charge in [0.2, 0.25) is 5.28 Å². The molecule has 0 aromatic carbocycles. The van der Waals surface area contributed by atoms with Crippen LogP contribution in [-0.4, -0.2) is 34.8 Å². The van der Waals surface area contributed by atoms with E-state index in [0.29, 0.717) is 0 Å². The summed E-state index contributed by atoms with van der Waals surface area (Å²) >= 11 is 7.69. The normalized spacial score (nSPS) is 11.2. The highest BCUT2D eigenvalue weighted by Crippen LogP contribution is 2.32. The molecule has 0 saturated heterocycles. The van der Waals surface area contributed by atoms with E-state index in [0.717, 1.165) is 42.0 Å². The second kappa shape index (κ2) is 6.50. The number of hydrogen-bond donors (Lipinski definition) is 1. The molecule has 0 fully saturated rings. The number of aromatic nitrogens is 2. The summed E-state index contributed by atoms with van der Waals surface area (Å²) in [5.41, 5.74) is 0. The van der Waals surface area contributed by atoms with Crippen LogP contribution in [0.15, 0.2) is 6.07 Å². The maximum absolute atomic E-state index is 8.98. The second-order valence-corrected chi connectivity index (χ2v) is 5.71. The molecule has 6 heteroatoms. The molecular weight excluding hydrogens is 282 g/mol. The lowest BCUT2D eigenvalue weighted by molar-refractivity contribution is 0.289. The van der Waals surface area contributed by atoms with E-state index in [1.807, 2.05) is 0 Å². The summed E-state index contributed by atoms with van der Waals surface area (Å²) in [4.78, 5) is 13.0. The Morgan fingerprint density at radius 3 is 2.79 bits per heavy atom. The van der Waals surface area contributed by atoms with Crippen molar-refractivity contribution < 1.29 is 5.11 Å². The molecule has 2 aromatic heterocycles. The lowest BCUT2D eigenvalue weighted by Crippen LogP contribution is -2.25. The number of anilines is 1. The molecule has 0 spiro atoms. The Kier molecular flexibility index (Phi) is 4.96. The Labute approximate surface area is 122 Å². The van der Waals surface area contributed by atoms with Crippen molar-refractivity contribution in [2.45, 2.75) is 26.7 Å². The lowest BCUT2D eigenvalue weighted by atomic mass is 10.3. The number of thiophene rings is 1. The van der Waals surface area contributed by atoms with Gasteiger partial charge in [0.05, 0.1) is 5.39 Å². The highest BCUT2D eigenvalue weighted by Gasteiger charge is 2.15. The minimum absolute atomic E-state index is 0.183. The molecule has 1 N–H and O–H groups in total. The average molecular weight is 300 g/mol. The molecule has 19 heavy (non-hydrogen) atoms. The molecule has 0 amide bonds. The van der Waals surface area contributed by atoms with Crippen LogP contribution in [0.5, 0.6) is 0 Å². The fourth-order valence-electron chi connectivity index (χ4n) is 2.02. The minimum Gasteiger partial charge on any atom is -0.396 e. The van der Waals surface area contributed by atoms with Gasteiger partial charge in [0, 0.05) is 24.6 Å². The standard InChI is InChI=1S/C13H18ClN3OS/c1-3-9-8-10-11(17(4-2)6-5-7-18)15-13(14)16-12(10)19-9/h8,18H,3-7H2,1-2H3. The largest absolute Gasteiger partial charge is 0.396 e. The van der Waals surface area contributed by atoms with Crippen LogP contribution in [0, 0.1) is 0 Å². The summed E-state index contributed by atoms with van der Waals surface area (Å²) < 4.78 is 0. The van der Waals surface area contributed by atoms with Gasteiger partial charge in [0.25, 0.3) is 0 Å². The summed E-state index contributed by atoms with van der Waals surface area (Å²) in [6.45, 7) is 5.99. The zero-order valence-corrected chi connectivity index (χ0v) is 12.8. The SMILES string of the molecule is CCc1cc2c(N(CC)CCCO)nc(Cl)nc2s1. The molecule has 2 heterocycles. The third-order valence-corrected chi connectivity index (χ3v) is 4.35. The van der Waals surface area contributed by atoms with Crippen molar-refractivity contribution >= 4 is 39.0 Å². The third kappa shape index (κ3) is 3.16. The highest BCUT2D eigenvalue weighted by molar-refractivity contribution is 7.18. The summed E-state index contributed by atoms with van der Waals surface area (Å²) in [5.74, 6) is 0.877. The van der Waals surface area contributed by atoms with Gasteiger partial charge in [-0.05, 0) is 37.4 Å². The van der Waals surface area contributed by atoms with Gasteiger partial charge >= 0.3 is 0 Å². The van der Waals surface area contributed by atoms with Crippen molar-refractivity contribution in [3.63, 3.8) is 0 Å². The maximum Gasteiger partial charge on any atom is 0.225 e. The molecule has 0 bridgehead atoms. The van der Waals surface area contributed by atoms with E-state index in [9.17, 15) is 0 Å². The van der Waals surface area contributed by atoms with Crippen molar-refractivity contribution in [2.75, 3.05) is 24.6 Å². The van der Waals surface area contributed by atoms with Gasteiger partial charge < -0.3 is 10.0 Å². The fraction of sp³-hybridized carbons (Fsp3) is 0.538. The number of halogens is 1. The van der Waals surface area contributed by atoms with Gasteiger partial charge in [-0.1, -0.05) is 6.92 Å². The third-order valence-electron chi connectivity index (χ3n) is 3.01. The smallest absolute Gasteiger partial charge is 0.225 e. The first-order valence-corrected chi connectivity index (χ1v) is 7.70. The van der Waals surface area contributed by atoms with E-state index in [4.69, 9.17) is 16.7 Å². The molecule has 2 rings (SSSR count). The number of aryl methyl sites for hydroxylation is 1. The summed E-state index contributed by atoms with van der Waals surface area (Å²) in [5, 5.41) is 10.3. The Hall–Kier alpha value is -0.910. The van der Waals surface area contributed by atoms with Gasteiger partial charge in [-0.25, -0.2) is 4.98 Å². The van der Waals surface area contributed by atoms with Crippen LogP contribution in [0.4, 0.5) is 5.82 Å².